The van der Waals surface area contributed by atoms with Crippen molar-refractivity contribution < 1.29 is 14.3 Å². The molecule has 4 N–H and O–H groups in total. The molecule has 2 rings (SSSR count). The Morgan fingerprint density at radius 2 is 2.25 bits per heavy atom. The first-order chi connectivity index (χ1) is 8.99. The number of morpholine rings is 1. The van der Waals surface area contributed by atoms with Gasteiger partial charge in [-0.1, -0.05) is 0 Å². The van der Waals surface area contributed by atoms with Gasteiger partial charge in [0.2, 0.25) is 5.91 Å². The first kappa shape index (κ1) is 16.5. The highest BCUT2D eigenvalue weighted by atomic mass is 35.5. The van der Waals surface area contributed by atoms with Crippen LogP contribution in [0.25, 0.3) is 0 Å². The molecular weight excluding hydrogens is 284 g/mol. The lowest BCUT2D eigenvalue weighted by molar-refractivity contribution is -0.123. The van der Waals surface area contributed by atoms with Crippen LogP contribution in [-0.2, 0) is 16.6 Å². The summed E-state index contributed by atoms with van der Waals surface area (Å²) in [5.74, 6) is -0.718. The van der Waals surface area contributed by atoms with Crippen molar-refractivity contribution in [2.45, 2.75) is 19.1 Å². The zero-order valence-electron chi connectivity index (χ0n) is 11.4. The van der Waals surface area contributed by atoms with Gasteiger partial charge in [-0.2, -0.15) is 0 Å². The van der Waals surface area contributed by atoms with E-state index in [0.29, 0.717) is 24.5 Å². The lowest BCUT2D eigenvalue weighted by atomic mass is 10.1. The number of aryl methyl sites for hydroxylation is 1. The number of hydrogen-bond acceptors (Lipinski definition) is 4. The van der Waals surface area contributed by atoms with Gasteiger partial charge < -0.3 is 25.7 Å². The molecule has 0 aliphatic carbocycles. The van der Waals surface area contributed by atoms with Gasteiger partial charge >= 0.3 is 0 Å². The molecule has 1 fully saturated rings. The maximum atomic E-state index is 12.1. The van der Waals surface area contributed by atoms with E-state index >= 15 is 0 Å². The summed E-state index contributed by atoms with van der Waals surface area (Å²) in [6, 6.07) is 1.15. The van der Waals surface area contributed by atoms with Crippen molar-refractivity contribution in [2.24, 2.45) is 12.8 Å². The van der Waals surface area contributed by atoms with Gasteiger partial charge in [0.1, 0.15) is 11.7 Å². The van der Waals surface area contributed by atoms with Gasteiger partial charge in [0.25, 0.3) is 5.91 Å². The van der Waals surface area contributed by atoms with Gasteiger partial charge in [-0.3, -0.25) is 9.59 Å². The maximum Gasteiger partial charge on any atom is 0.265 e. The summed E-state index contributed by atoms with van der Waals surface area (Å²) in [6.07, 6.45) is 1.46. The summed E-state index contributed by atoms with van der Waals surface area (Å²) in [6.45, 7) is 3.09. The molecule has 0 radical (unpaired) electrons. The average molecular weight is 303 g/mol. The van der Waals surface area contributed by atoms with Gasteiger partial charge in [0, 0.05) is 19.8 Å². The highest BCUT2D eigenvalue weighted by Gasteiger charge is 2.28. The van der Waals surface area contributed by atoms with Crippen molar-refractivity contribution in [1.82, 2.24) is 9.88 Å². The van der Waals surface area contributed by atoms with Crippen LogP contribution in [0, 0.1) is 0 Å². The van der Waals surface area contributed by atoms with E-state index in [4.69, 9.17) is 10.5 Å². The zero-order chi connectivity index (χ0) is 14.0. The normalized spacial score (nSPS) is 21.9. The van der Waals surface area contributed by atoms with Crippen molar-refractivity contribution in [3.05, 3.63) is 18.0 Å². The molecule has 2 heterocycles. The fourth-order valence-electron chi connectivity index (χ4n) is 2.13. The number of carbonyl (C=O) groups excluding carboxylic acids is 2. The molecule has 0 unspecified atom stereocenters. The summed E-state index contributed by atoms with van der Waals surface area (Å²) < 4.78 is 6.99. The molecule has 2 amide bonds. The topological polar surface area (TPSA) is 98.4 Å². The van der Waals surface area contributed by atoms with E-state index in [-0.39, 0.29) is 24.4 Å². The predicted octanol–water partition coefficient (Wildman–Crippen LogP) is -0.139. The molecule has 1 aromatic heterocycles. The second-order valence-electron chi connectivity index (χ2n) is 4.59. The molecule has 20 heavy (non-hydrogen) atoms. The van der Waals surface area contributed by atoms with Gasteiger partial charge in [0.05, 0.1) is 18.4 Å². The van der Waals surface area contributed by atoms with Crippen LogP contribution in [0.4, 0.5) is 5.69 Å². The van der Waals surface area contributed by atoms with Crippen LogP contribution in [-0.4, -0.2) is 41.7 Å². The summed E-state index contributed by atoms with van der Waals surface area (Å²) >= 11 is 0. The van der Waals surface area contributed by atoms with Crippen molar-refractivity contribution >= 4 is 29.9 Å². The number of carbonyl (C=O) groups is 2. The number of nitrogens with one attached hydrogen (secondary N) is 2. The molecule has 0 saturated carbocycles. The third-order valence-corrected chi connectivity index (χ3v) is 3.12. The standard InChI is InChI=1S/C12H18N4O3.ClH/c1-7-10(14-3-4-19-7)12(18)15-8-5-9(11(13)17)16(2)6-8;/h5-7,10,14H,3-4H2,1-2H3,(H2,13,17)(H,15,18);1H/t7-,10+;/m1./s1. The number of primary amides is 1. The summed E-state index contributed by atoms with van der Waals surface area (Å²) in [5.41, 5.74) is 6.10. The number of nitrogens with two attached hydrogens (primary N) is 1. The molecule has 0 spiro atoms. The highest BCUT2D eigenvalue weighted by Crippen LogP contribution is 2.14. The van der Waals surface area contributed by atoms with Crippen LogP contribution >= 0.6 is 12.4 Å². The number of nitrogens with zero attached hydrogens (tertiary/aromatic N) is 1. The minimum absolute atomic E-state index is 0. The number of rotatable bonds is 3. The van der Waals surface area contributed by atoms with Crippen LogP contribution in [0.15, 0.2) is 12.3 Å². The first-order valence-electron chi connectivity index (χ1n) is 6.11. The van der Waals surface area contributed by atoms with Crippen LogP contribution < -0.4 is 16.4 Å². The molecule has 0 aromatic carbocycles. The third kappa shape index (κ3) is 3.50. The molecule has 112 valence electrons. The minimum Gasteiger partial charge on any atom is -0.375 e. The van der Waals surface area contributed by atoms with E-state index in [1.807, 2.05) is 6.92 Å². The van der Waals surface area contributed by atoms with E-state index in [1.165, 1.54) is 0 Å². The molecule has 7 nitrogen and oxygen atoms in total. The highest BCUT2D eigenvalue weighted by molar-refractivity contribution is 5.98. The Balaban J connectivity index is 0.00000200. The Bertz CT molecular complexity index is 503. The van der Waals surface area contributed by atoms with Crippen molar-refractivity contribution in [3.63, 3.8) is 0 Å². The second kappa shape index (κ2) is 6.74. The lowest BCUT2D eigenvalue weighted by Crippen LogP contribution is -2.53. The fraction of sp³-hybridized carbons (Fsp3) is 0.500. The summed E-state index contributed by atoms with van der Waals surface area (Å²) in [5, 5.41) is 5.85. The van der Waals surface area contributed by atoms with Gasteiger partial charge in [-0.25, -0.2) is 0 Å². The zero-order valence-corrected chi connectivity index (χ0v) is 12.2. The Labute approximate surface area is 123 Å². The van der Waals surface area contributed by atoms with Crippen molar-refractivity contribution in [3.8, 4) is 0 Å². The molecule has 1 saturated heterocycles. The Kier molecular flexibility index (Phi) is 5.55. The Morgan fingerprint density at radius 1 is 1.55 bits per heavy atom. The number of aromatic nitrogens is 1. The number of ether oxygens (including phenoxy) is 1. The lowest BCUT2D eigenvalue weighted by Gasteiger charge is -2.29. The largest absolute Gasteiger partial charge is 0.375 e. The Morgan fingerprint density at radius 3 is 2.80 bits per heavy atom. The smallest absolute Gasteiger partial charge is 0.265 e. The Hall–Kier alpha value is -1.57. The van der Waals surface area contributed by atoms with E-state index in [0.717, 1.165) is 0 Å². The number of amides is 2. The van der Waals surface area contributed by atoms with E-state index in [9.17, 15) is 9.59 Å². The minimum atomic E-state index is -0.532. The average Bonchev–Trinajstić information content (AvgIpc) is 2.70. The summed E-state index contributed by atoms with van der Waals surface area (Å²) in [4.78, 5) is 23.2. The molecule has 1 aromatic rings. The van der Waals surface area contributed by atoms with Crippen LogP contribution in [0.2, 0.25) is 0 Å². The summed E-state index contributed by atoms with van der Waals surface area (Å²) in [7, 11) is 1.69. The number of hydrogen-bond donors (Lipinski definition) is 3. The number of anilines is 1. The third-order valence-electron chi connectivity index (χ3n) is 3.12. The molecule has 8 heteroatoms. The molecular formula is C12H19ClN4O3. The van der Waals surface area contributed by atoms with Gasteiger partial charge in [-0.05, 0) is 13.0 Å². The quantitative estimate of drug-likeness (QED) is 0.724. The van der Waals surface area contributed by atoms with Crippen molar-refractivity contribution in [2.75, 3.05) is 18.5 Å². The molecule has 0 bridgehead atoms. The molecule has 2 atom stereocenters. The maximum absolute atomic E-state index is 12.1. The van der Waals surface area contributed by atoms with E-state index in [1.54, 1.807) is 23.9 Å². The van der Waals surface area contributed by atoms with E-state index < -0.39 is 11.9 Å². The van der Waals surface area contributed by atoms with E-state index in [2.05, 4.69) is 10.6 Å². The van der Waals surface area contributed by atoms with Gasteiger partial charge in [0.15, 0.2) is 0 Å². The van der Waals surface area contributed by atoms with Crippen LogP contribution in [0.1, 0.15) is 17.4 Å². The van der Waals surface area contributed by atoms with Crippen LogP contribution in [0.5, 0.6) is 0 Å². The second-order valence-corrected chi connectivity index (χ2v) is 4.59. The van der Waals surface area contributed by atoms with Crippen LogP contribution in [0.3, 0.4) is 0 Å². The fourth-order valence-corrected chi connectivity index (χ4v) is 2.13. The first-order valence-corrected chi connectivity index (χ1v) is 6.11. The molecule has 1 aliphatic rings. The predicted molar refractivity (Wildman–Crippen MR) is 77.0 cm³/mol. The van der Waals surface area contributed by atoms with Crippen molar-refractivity contribution in [1.29, 1.82) is 0 Å². The van der Waals surface area contributed by atoms with Gasteiger partial charge in [-0.15, -0.1) is 12.4 Å². The number of halogens is 1. The molecule has 1 aliphatic heterocycles. The monoisotopic (exact) mass is 302 g/mol. The SMILES string of the molecule is C[C@H]1OCCN[C@@H]1C(=O)Nc1cc(C(N)=O)n(C)c1.Cl.